The van der Waals surface area contributed by atoms with Gasteiger partial charge in [0.05, 0.1) is 20.1 Å². The molecule has 1 aromatic carbocycles. The predicted octanol–water partition coefficient (Wildman–Crippen LogP) is 2.14. The summed E-state index contributed by atoms with van der Waals surface area (Å²) in [4.78, 5) is 16.8. The average molecular weight is 405 g/mol. The summed E-state index contributed by atoms with van der Waals surface area (Å²) in [6.45, 7) is 0.512. The third-order valence-electron chi connectivity index (χ3n) is 4.65. The van der Waals surface area contributed by atoms with Crippen molar-refractivity contribution < 1.29 is 22.7 Å². The number of hydrogen-bond donors (Lipinski definition) is 1. The highest BCUT2D eigenvalue weighted by atomic mass is 32.2. The molecule has 1 aliphatic heterocycles. The molecule has 1 fully saturated rings. The van der Waals surface area contributed by atoms with E-state index in [0.29, 0.717) is 36.6 Å². The van der Waals surface area contributed by atoms with Crippen molar-refractivity contribution >= 4 is 21.6 Å². The SMILES string of the molecule is COc1cc(NC(=O)[C@@H]2CCCN(S(=O)(=O)c3cccnc3)C2)cc(OC)c1. The molecule has 0 spiro atoms. The van der Waals surface area contributed by atoms with E-state index in [1.807, 2.05) is 0 Å². The number of nitrogens with zero attached hydrogens (tertiary/aromatic N) is 2. The standard InChI is InChI=1S/C19H23N3O5S/c1-26-16-9-15(10-17(11-16)27-2)21-19(23)14-5-4-8-22(13-14)28(24,25)18-6-3-7-20-12-18/h3,6-7,9-12,14H,4-5,8,13H2,1-2H3,(H,21,23)/t14-/m1/s1. The van der Waals surface area contributed by atoms with Gasteiger partial charge in [0, 0.05) is 49.4 Å². The molecular weight excluding hydrogens is 382 g/mol. The first-order valence-corrected chi connectivity index (χ1v) is 10.3. The monoisotopic (exact) mass is 405 g/mol. The number of anilines is 1. The molecule has 3 rings (SSSR count). The highest BCUT2D eigenvalue weighted by Crippen LogP contribution is 2.28. The minimum absolute atomic E-state index is 0.129. The molecule has 0 unspecified atom stereocenters. The molecule has 1 atom stereocenters. The van der Waals surface area contributed by atoms with Gasteiger partial charge in [-0.25, -0.2) is 8.42 Å². The molecule has 150 valence electrons. The number of sulfonamides is 1. The summed E-state index contributed by atoms with van der Waals surface area (Å²) < 4.78 is 37.4. The first kappa shape index (κ1) is 20.1. The van der Waals surface area contributed by atoms with Gasteiger partial charge in [-0.3, -0.25) is 9.78 Å². The Kier molecular flexibility index (Phi) is 6.15. The maximum Gasteiger partial charge on any atom is 0.244 e. The Morgan fingerprint density at radius 1 is 1.21 bits per heavy atom. The van der Waals surface area contributed by atoms with Gasteiger partial charge in [0.25, 0.3) is 0 Å². The zero-order valence-corrected chi connectivity index (χ0v) is 16.6. The zero-order valence-electron chi connectivity index (χ0n) is 15.8. The summed E-state index contributed by atoms with van der Waals surface area (Å²) in [7, 11) is -0.611. The van der Waals surface area contributed by atoms with Crippen LogP contribution in [0.2, 0.25) is 0 Å². The molecule has 8 nitrogen and oxygen atoms in total. The fourth-order valence-electron chi connectivity index (χ4n) is 3.15. The Hall–Kier alpha value is -2.65. The molecule has 2 heterocycles. The highest BCUT2D eigenvalue weighted by molar-refractivity contribution is 7.89. The van der Waals surface area contributed by atoms with Crippen LogP contribution in [-0.2, 0) is 14.8 Å². The minimum atomic E-state index is -3.67. The van der Waals surface area contributed by atoms with Crippen LogP contribution in [0.5, 0.6) is 11.5 Å². The van der Waals surface area contributed by atoms with Crippen molar-refractivity contribution in [1.29, 1.82) is 0 Å². The van der Waals surface area contributed by atoms with Gasteiger partial charge in [-0.2, -0.15) is 4.31 Å². The van der Waals surface area contributed by atoms with Crippen LogP contribution in [0.1, 0.15) is 12.8 Å². The van der Waals surface area contributed by atoms with Gasteiger partial charge in [0.15, 0.2) is 0 Å². The zero-order chi connectivity index (χ0) is 20.1. The van der Waals surface area contributed by atoms with E-state index in [0.717, 1.165) is 0 Å². The second-order valence-electron chi connectivity index (χ2n) is 6.48. The summed E-state index contributed by atoms with van der Waals surface area (Å²) in [6.07, 6.45) is 4.07. The fraction of sp³-hybridized carbons (Fsp3) is 0.368. The second kappa shape index (κ2) is 8.57. The lowest BCUT2D eigenvalue weighted by molar-refractivity contribution is -0.120. The molecule has 1 amide bonds. The van der Waals surface area contributed by atoms with Crippen LogP contribution in [-0.4, -0.2) is 50.9 Å². The molecule has 0 radical (unpaired) electrons. The molecule has 1 N–H and O–H groups in total. The van der Waals surface area contributed by atoms with Crippen LogP contribution in [0.3, 0.4) is 0 Å². The number of pyridine rings is 1. The molecule has 0 bridgehead atoms. The minimum Gasteiger partial charge on any atom is -0.497 e. The summed E-state index contributed by atoms with van der Waals surface area (Å²) in [5, 5.41) is 2.84. The number of nitrogens with one attached hydrogen (secondary N) is 1. The number of hydrogen-bond acceptors (Lipinski definition) is 6. The van der Waals surface area contributed by atoms with Gasteiger partial charge >= 0.3 is 0 Å². The van der Waals surface area contributed by atoms with E-state index in [4.69, 9.17) is 9.47 Å². The van der Waals surface area contributed by atoms with Crippen LogP contribution in [0, 0.1) is 5.92 Å². The largest absolute Gasteiger partial charge is 0.497 e. The van der Waals surface area contributed by atoms with Crippen molar-refractivity contribution in [2.45, 2.75) is 17.7 Å². The fourth-order valence-corrected chi connectivity index (χ4v) is 4.64. The lowest BCUT2D eigenvalue weighted by Gasteiger charge is -2.31. The molecule has 28 heavy (non-hydrogen) atoms. The van der Waals surface area contributed by atoms with Crippen LogP contribution in [0.15, 0.2) is 47.6 Å². The second-order valence-corrected chi connectivity index (χ2v) is 8.42. The normalized spacial score (nSPS) is 17.7. The van der Waals surface area contributed by atoms with Crippen molar-refractivity contribution in [3.8, 4) is 11.5 Å². The highest BCUT2D eigenvalue weighted by Gasteiger charge is 2.33. The Morgan fingerprint density at radius 3 is 2.54 bits per heavy atom. The molecule has 0 saturated carbocycles. The van der Waals surface area contributed by atoms with E-state index in [1.54, 1.807) is 24.3 Å². The van der Waals surface area contributed by atoms with Gasteiger partial charge in [0.1, 0.15) is 16.4 Å². The molecule has 1 aliphatic rings. The number of aromatic nitrogens is 1. The predicted molar refractivity (Wildman–Crippen MR) is 104 cm³/mol. The first-order chi connectivity index (χ1) is 13.4. The van der Waals surface area contributed by atoms with Crippen LogP contribution < -0.4 is 14.8 Å². The number of methoxy groups -OCH3 is 2. The van der Waals surface area contributed by atoms with Crippen LogP contribution >= 0.6 is 0 Å². The molecule has 0 aliphatic carbocycles. The Bertz CT molecular complexity index is 912. The van der Waals surface area contributed by atoms with Crippen LogP contribution in [0.4, 0.5) is 5.69 Å². The number of piperidine rings is 1. The number of amides is 1. The number of rotatable bonds is 6. The van der Waals surface area contributed by atoms with Crippen molar-refractivity contribution in [3.63, 3.8) is 0 Å². The van der Waals surface area contributed by atoms with E-state index in [1.165, 1.54) is 37.0 Å². The van der Waals surface area contributed by atoms with Crippen molar-refractivity contribution in [3.05, 3.63) is 42.7 Å². The number of ether oxygens (including phenoxy) is 2. The Balaban J connectivity index is 1.73. The Morgan fingerprint density at radius 2 is 1.93 bits per heavy atom. The Labute approximate surface area is 164 Å². The molecule has 1 aromatic heterocycles. The number of carbonyl (C=O) groups excluding carboxylic acids is 1. The summed E-state index contributed by atoms with van der Waals surface area (Å²) in [6, 6.07) is 8.17. The summed E-state index contributed by atoms with van der Waals surface area (Å²) >= 11 is 0. The average Bonchev–Trinajstić information content (AvgIpc) is 2.74. The number of carbonyl (C=O) groups is 1. The topological polar surface area (TPSA) is 97.8 Å². The summed E-state index contributed by atoms with van der Waals surface area (Å²) in [5.74, 6) is 0.428. The van der Waals surface area contributed by atoms with E-state index in [9.17, 15) is 13.2 Å². The molecule has 1 saturated heterocycles. The van der Waals surface area contributed by atoms with Crippen LogP contribution in [0.25, 0.3) is 0 Å². The van der Waals surface area contributed by atoms with Gasteiger partial charge < -0.3 is 14.8 Å². The van der Waals surface area contributed by atoms with E-state index >= 15 is 0 Å². The van der Waals surface area contributed by atoms with Gasteiger partial charge in [-0.15, -0.1) is 0 Å². The van der Waals surface area contributed by atoms with Crippen molar-refractivity contribution in [1.82, 2.24) is 9.29 Å². The quantitative estimate of drug-likeness (QED) is 0.791. The molecule has 2 aromatic rings. The van der Waals surface area contributed by atoms with E-state index < -0.39 is 15.9 Å². The van der Waals surface area contributed by atoms with Gasteiger partial charge in [0.2, 0.25) is 15.9 Å². The first-order valence-electron chi connectivity index (χ1n) is 8.88. The molecular formula is C19H23N3O5S. The lowest BCUT2D eigenvalue weighted by atomic mass is 9.98. The van der Waals surface area contributed by atoms with Crippen molar-refractivity contribution in [2.75, 3.05) is 32.6 Å². The maximum atomic E-state index is 12.8. The summed E-state index contributed by atoms with van der Waals surface area (Å²) in [5.41, 5.74) is 0.536. The van der Waals surface area contributed by atoms with E-state index in [-0.39, 0.29) is 17.3 Å². The smallest absolute Gasteiger partial charge is 0.244 e. The van der Waals surface area contributed by atoms with Crippen molar-refractivity contribution in [2.24, 2.45) is 5.92 Å². The van der Waals surface area contributed by atoms with Gasteiger partial charge in [-0.05, 0) is 25.0 Å². The molecule has 9 heteroatoms. The van der Waals surface area contributed by atoms with Gasteiger partial charge in [-0.1, -0.05) is 0 Å². The third-order valence-corrected chi connectivity index (χ3v) is 6.49. The maximum absolute atomic E-state index is 12.8. The lowest BCUT2D eigenvalue weighted by Crippen LogP contribution is -2.43. The number of benzene rings is 1. The van der Waals surface area contributed by atoms with E-state index in [2.05, 4.69) is 10.3 Å². The third kappa shape index (κ3) is 4.42.